The molecule has 0 bridgehead atoms. The number of nitrogens with zero attached hydrogens (tertiary/aromatic N) is 3. The molecule has 4 heterocycles. The molecule has 1 amide bonds. The molecule has 2 aromatic heterocycles. The first-order valence-electron chi connectivity index (χ1n) is 8.86. The van der Waals surface area contributed by atoms with E-state index < -0.39 is 0 Å². The maximum absolute atomic E-state index is 12.9. The molecular weight excluding hydrogens is 320 g/mol. The van der Waals surface area contributed by atoms with Gasteiger partial charge in [0.2, 0.25) is 5.91 Å². The van der Waals surface area contributed by atoms with Crippen LogP contribution >= 0.6 is 11.3 Å². The molecule has 2 fully saturated rings. The second kappa shape index (κ2) is 7.07. The summed E-state index contributed by atoms with van der Waals surface area (Å²) in [7, 11) is 0. The largest absolute Gasteiger partial charge is 0.334 e. The molecule has 0 aromatic carbocycles. The average Bonchev–Trinajstić information content (AvgIpc) is 3.35. The van der Waals surface area contributed by atoms with Crippen LogP contribution in [0, 0.1) is 0 Å². The van der Waals surface area contributed by atoms with Gasteiger partial charge >= 0.3 is 0 Å². The van der Waals surface area contributed by atoms with Gasteiger partial charge in [0, 0.05) is 35.8 Å². The number of hydrogen-bond acceptors (Lipinski definition) is 4. The summed E-state index contributed by atoms with van der Waals surface area (Å²) < 4.78 is 0. The van der Waals surface area contributed by atoms with Crippen LogP contribution in [-0.2, 0) is 4.79 Å². The number of aromatic nitrogens is 2. The number of H-pyrrole nitrogens is 1. The Bertz CT molecular complexity index is 655. The standard InChI is InChI=1S/C18H24N4OS/c23-18(22-10-2-5-16(22)17-6-3-11-24-17)13-21-9-1-4-14(12-21)15-7-8-19-20-15/h3,6-8,11,14,16H,1-2,4-5,9-10,12-13H2,(H,19,20)/t14-,16-/m0/s1. The molecule has 0 saturated carbocycles. The third-order valence-electron chi connectivity index (χ3n) is 5.27. The minimum absolute atomic E-state index is 0.288. The second-order valence-corrected chi connectivity index (χ2v) is 7.83. The summed E-state index contributed by atoms with van der Waals surface area (Å²) in [6.45, 7) is 3.42. The van der Waals surface area contributed by atoms with Crippen LogP contribution in [0.25, 0.3) is 0 Å². The number of carbonyl (C=O) groups is 1. The Morgan fingerprint density at radius 3 is 3.00 bits per heavy atom. The molecular formula is C18H24N4OS. The van der Waals surface area contributed by atoms with Crippen molar-refractivity contribution in [3.63, 3.8) is 0 Å². The van der Waals surface area contributed by atoms with Crippen molar-refractivity contribution in [1.82, 2.24) is 20.0 Å². The lowest BCUT2D eigenvalue weighted by atomic mass is 9.95. The van der Waals surface area contributed by atoms with Crippen LogP contribution in [0.4, 0.5) is 0 Å². The normalized spacial score (nSPS) is 25.2. The molecule has 2 saturated heterocycles. The summed E-state index contributed by atoms with van der Waals surface area (Å²) >= 11 is 1.77. The van der Waals surface area contributed by atoms with Crippen LogP contribution in [0.15, 0.2) is 29.8 Å². The third kappa shape index (κ3) is 3.26. The van der Waals surface area contributed by atoms with Crippen molar-refractivity contribution >= 4 is 17.2 Å². The number of aromatic amines is 1. The molecule has 2 atom stereocenters. The van der Waals surface area contributed by atoms with E-state index in [1.165, 1.54) is 17.0 Å². The molecule has 6 heteroatoms. The van der Waals surface area contributed by atoms with E-state index in [0.29, 0.717) is 18.5 Å². The van der Waals surface area contributed by atoms with Crippen molar-refractivity contribution in [1.29, 1.82) is 0 Å². The molecule has 2 aliphatic heterocycles. The molecule has 0 aliphatic carbocycles. The van der Waals surface area contributed by atoms with Crippen molar-refractivity contribution in [3.8, 4) is 0 Å². The van der Waals surface area contributed by atoms with Crippen molar-refractivity contribution in [3.05, 3.63) is 40.3 Å². The summed E-state index contributed by atoms with van der Waals surface area (Å²) in [5, 5.41) is 9.27. The predicted molar refractivity (Wildman–Crippen MR) is 95.0 cm³/mol. The second-order valence-electron chi connectivity index (χ2n) is 6.85. The summed E-state index contributed by atoms with van der Waals surface area (Å²) in [4.78, 5) is 18.6. The summed E-state index contributed by atoms with van der Waals surface area (Å²) in [6, 6.07) is 6.60. The van der Waals surface area contributed by atoms with Crippen LogP contribution < -0.4 is 0 Å². The number of amides is 1. The summed E-state index contributed by atoms with van der Waals surface area (Å²) in [5.74, 6) is 0.761. The Labute approximate surface area is 146 Å². The highest BCUT2D eigenvalue weighted by molar-refractivity contribution is 7.10. The van der Waals surface area contributed by atoms with Crippen molar-refractivity contribution < 1.29 is 4.79 Å². The van der Waals surface area contributed by atoms with E-state index in [1.54, 1.807) is 11.3 Å². The zero-order valence-electron chi connectivity index (χ0n) is 13.9. The van der Waals surface area contributed by atoms with Crippen LogP contribution in [0.3, 0.4) is 0 Å². The monoisotopic (exact) mass is 344 g/mol. The molecule has 5 nitrogen and oxygen atoms in total. The van der Waals surface area contributed by atoms with Gasteiger partial charge in [-0.2, -0.15) is 5.10 Å². The summed E-state index contributed by atoms with van der Waals surface area (Å²) in [5.41, 5.74) is 1.20. The van der Waals surface area contributed by atoms with Gasteiger partial charge in [-0.25, -0.2) is 0 Å². The Balaban J connectivity index is 1.38. The van der Waals surface area contributed by atoms with Gasteiger partial charge in [-0.1, -0.05) is 6.07 Å². The maximum atomic E-state index is 12.9. The van der Waals surface area contributed by atoms with Gasteiger partial charge in [-0.3, -0.25) is 14.8 Å². The first kappa shape index (κ1) is 15.8. The first-order valence-corrected chi connectivity index (χ1v) is 9.74. The smallest absolute Gasteiger partial charge is 0.237 e. The number of hydrogen-bond donors (Lipinski definition) is 1. The first-order chi connectivity index (χ1) is 11.8. The fraction of sp³-hybridized carbons (Fsp3) is 0.556. The Hall–Kier alpha value is -1.66. The van der Waals surface area contributed by atoms with Crippen LogP contribution in [-0.4, -0.2) is 52.1 Å². The number of likely N-dealkylation sites (tertiary alicyclic amines) is 2. The van der Waals surface area contributed by atoms with E-state index in [2.05, 4.69) is 43.6 Å². The number of rotatable bonds is 4. The number of nitrogens with one attached hydrogen (secondary N) is 1. The Kier molecular flexibility index (Phi) is 4.67. The fourth-order valence-electron chi connectivity index (χ4n) is 4.07. The molecule has 2 aliphatic rings. The molecule has 0 unspecified atom stereocenters. The van der Waals surface area contributed by atoms with E-state index in [9.17, 15) is 4.79 Å². The van der Waals surface area contributed by atoms with E-state index in [-0.39, 0.29) is 5.91 Å². The van der Waals surface area contributed by atoms with Gasteiger partial charge in [-0.05, 0) is 49.7 Å². The molecule has 24 heavy (non-hydrogen) atoms. The molecule has 0 radical (unpaired) electrons. The lowest BCUT2D eigenvalue weighted by Crippen LogP contribution is -2.43. The molecule has 1 N–H and O–H groups in total. The van der Waals surface area contributed by atoms with Gasteiger partial charge in [0.1, 0.15) is 0 Å². The van der Waals surface area contributed by atoms with Crippen molar-refractivity contribution in [2.45, 2.75) is 37.6 Å². The van der Waals surface area contributed by atoms with Gasteiger partial charge in [0.25, 0.3) is 0 Å². The van der Waals surface area contributed by atoms with Crippen molar-refractivity contribution in [2.24, 2.45) is 0 Å². The SMILES string of the molecule is O=C(CN1CCC[C@H](c2ccn[nH]2)C1)N1CCC[C@H]1c1cccs1. The number of thiophene rings is 1. The van der Waals surface area contributed by atoms with E-state index in [4.69, 9.17) is 0 Å². The van der Waals surface area contributed by atoms with E-state index in [0.717, 1.165) is 38.9 Å². The van der Waals surface area contributed by atoms with Crippen molar-refractivity contribution in [2.75, 3.05) is 26.2 Å². The minimum Gasteiger partial charge on any atom is -0.334 e. The highest BCUT2D eigenvalue weighted by Gasteiger charge is 2.32. The number of piperidine rings is 1. The fourth-order valence-corrected chi connectivity index (χ4v) is 4.94. The number of carbonyl (C=O) groups excluding carboxylic acids is 1. The van der Waals surface area contributed by atoms with E-state index in [1.807, 2.05) is 6.20 Å². The zero-order valence-corrected chi connectivity index (χ0v) is 14.7. The quantitative estimate of drug-likeness (QED) is 0.927. The zero-order chi connectivity index (χ0) is 16.4. The van der Waals surface area contributed by atoms with Gasteiger partial charge in [-0.15, -0.1) is 11.3 Å². The van der Waals surface area contributed by atoms with Crippen LogP contribution in [0.5, 0.6) is 0 Å². The lowest BCUT2D eigenvalue weighted by Gasteiger charge is -2.33. The Morgan fingerprint density at radius 1 is 1.29 bits per heavy atom. The molecule has 128 valence electrons. The topological polar surface area (TPSA) is 52.2 Å². The molecule has 0 spiro atoms. The highest BCUT2D eigenvalue weighted by atomic mass is 32.1. The third-order valence-corrected chi connectivity index (χ3v) is 6.24. The van der Waals surface area contributed by atoms with E-state index >= 15 is 0 Å². The molecule has 2 aromatic rings. The molecule has 4 rings (SSSR count). The summed E-state index contributed by atoms with van der Waals surface area (Å²) in [6.07, 6.45) is 6.35. The van der Waals surface area contributed by atoms with Gasteiger partial charge in [0.05, 0.1) is 12.6 Å². The Morgan fingerprint density at radius 2 is 2.21 bits per heavy atom. The van der Waals surface area contributed by atoms with Gasteiger partial charge in [0.15, 0.2) is 0 Å². The van der Waals surface area contributed by atoms with Gasteiger partial charge < -0.3 is 4.90 Å². The van der Waals surface area contributed by atoms with Crippen LogP contribution in [0.2, 0.25) is 0 Å². The predicted octanol–water partition coefficient (Wildman–Crippen LogP) is 3.01. The van der Waals surface area contributed by atoms with Crippen LogP contribution in [0.1, 0.15) is 48.2 Å². The highest BCUT2D eigenvalue weighted by Crippen LogP contribution is 2.34. The lowest BCUT2D eigenvalue weighted by molar-refractivity contribution is -0.133. The minimum atomic E-state index is 0.288. The maximum Gasteiger partial charge on any atom is 0.237 e. The average molecular weight is 344 g/mol.